The van der Waals surface area contributed by atoms with Gasteiger partial charge < -0.3 is 14.7 Å². The van der Waals surface area contributed by atoms with Gasteiger partial charge in [0.05, 0.1) is 13.0 Å². The van der Waals surface area contributed by atoms with Crippen molar-refractivity contribution in [2.75, 3.05) is 20.2 Å². The minimum atomic E-state index is -0.839. The molecule has 0 spiro atoms. The molecule has 5 heteroatoms. The number of nitrogens with zero attached hydrogens (tertiary/aromatic N) is 1. The molecule has 21 heavy (non-hydrogen) atoms. The fourth-order valence-corrected chi connectivity index (χ4v) is 2.06. The van der Waals surface area contributed by atoms with Gasteiger partial charge in [-0.05, 0) is 43.5 Å². The molecule has 1 amide bonds. The number of aliphatic carboxylic acids is 1. The van der Waals surface area contributed by atoms with E-state index in [1.165, 1.54) is 0 Å². The van der Waals surface area contributed by atoms with Crippen molar-refractivity contribution in [3.63, 3.8) is 0 Å². The molecule has 0 aromatic heterocycles. The lowest BCUT2D eigenvalue weighted by Gasteiger charge is -2.17. The second-order valence-corrected chi connectivity index (χ2v) is 5.23. The summed E-state index contributed by atoms with van der Waals surface area (Å²) < 4.78 is 5.59. The minimum Gasteiger partial charge on any atom is -0.493 e. The molecule has 116 valence electrons. The normalized spacial score (nSPS) is 10.2. The van der Waals surface area contributed by atoms with Gasteiger partial charge in [-0.15, -0.1) is 0 Å². The van der Waals surface area contributed by atoms with Gasteiger partial charge in [0, 0.05) is 20.0 Å². The van der Waals surface area contributed by atoms with E-state index in [-0.39, 0.29) is 18.7 Å². The van der Waals surface area contributed by atoms with Crippen LogP contribution in [-0.4, -0.2) is 42.1 Å². The molecule has 0 bridgehead atoms. The molecule has 0 heterocycles. The number of hydrogen-bond acceptors (Lipinski definition) is 3. The van der Waals surface area contributed by atoms with Crippen LogP contribution >= 0.6 is 0 Å². The van der Waals surface area contributed by atoms with Crippen LogP contribution in [0.4, 0.5) is 0 Å². The van der Waals surface area contributed by atoms with Gasteiger partial charge in [0.25, 0.3) is 0 Å². The third-order valence-corrected chi connectivity index (χ3v) is 3.09. The van der Waals surface area contributed by atoms with Gasteiger partial charge >= 0.3 is 5.97 Å². The Morgan fingerprint density at radius 3 is 2.33 bits per heavy atom. The third kappa shape index (κ3) is 6.79. The summed E-state index contributed by atoms with van der Waals surface area (Å²) in [6.45, 7) is 4.78. The molecule has 1 aromatic rings. The summed E-state index contributed by atoms with van der Waals surface area (Å²) >= 11 is 0. The molecule has 0 unspecified atom stereocenters. The van der Waals surface area contributed by atoms with E-state index in [1.54, 1.807) is 11.9 Å². The zero-order chi connectivity index (χ0) is 15.8. The van der Waals surface area contributed by atoms with Crippen LogP contribution < -0.4 is 4.74 Å². The second-order valence-electron chi connectivity index (χ2n) is 5.23. The monoisotopic (exact) mass is 293 g/mol. The van der Waals surface area contributed by atoms with Gasteiger partial charge in [0.2, 0.25) is 5.91 Å². The van der Waals surface area contributed by atoms with E-state index in [0.29, 0.717) is 19.6 Å². The average molecular weight is 293 g/mol. The van der Waals surface area contributed by atoms with Gasteiger partial charge in [-0.2, -0.15) is 0 Å². The number of benzene rings is 1. The molecule has 1 rings (SSSR count). The molecular formula is C16H23NO4. The molecule has 0 aliphatic heterocycles. The van der Waals surface area contributed by atoms with Gasteiger partial charge in [-0.3, -0.25) is 9.59 Å². The number of rotatable bonds is 8. The number of hydrogen-bond donors (Lipinski definition) is 1. The van der Waals surface area contributed by atoms with Crippen molar-refractivity contribution in [2.45, 2.75) is 33.1 Å². The summed E-state index contributed by atoms with van der Waals surface area (Å²) in [6, 6.07) is 5.94. The van der Waals surface area contributed by atoms with E-state index in [0.717, 1.165) is 16.9 Å². The Bertz CT molecular complexity index is 479. The van der Waals surface area contributed by atoms with Gasteiger partial charge in [0.15, 0.2) is 0 Å². The van der Waals surface area contributed by atoms with Crippen LogP contribution in [-0.2, 0) is 9.59 Å². The smallest absolute Gasteiger partial charge is 0.303 e. The predicted molar refractivity (Wildman–Crippen MR) is 80.5 cm³/mol. The van der Waals surface area contributed by atoms with E-state index in [1.807, 2.05) is 26.0 Å². The number of carbonyl (C=O) groups excluding carboxylic acids is 1. The standard InChI is InChI=1S/C16H23NO4/c1-12-9-13(2)11-14(10-12)21-8-6-15(18)17(3)7-4-5-16(19)20/h9-11H,4-8H2,1-3H3,(H,19,20). The molecule has 0 radical (unpaired) electrons. The highest BCUT2D eigenvalue weighted by atomic mass is 16.5. The molecule has 0 saturated carbocycles. The SMILES string of the molecule is Cc1cc(C)cc(OCCC(=O)N(C)CCCC(=O)O)c1. The van der Waals surface area contributed by atoms with Crippen molar-refractivity contribution in [2.24, 2.45) is 0 Å². The lowest BCUT2D eigenvalue weighted by molar-refractivity contribution is -0.138. The van der Waals surface area contributed by atoms with Crippen LogP contribution in [0.1, 0.15) is 30.4 Å². The Hall–Kier alpha value is -2.04. The number of amides is 1. The van der Waals surface area contributed by atoms with Crippen molar-refractivity contribution in [3.8, 4) is 5.75 Å². The summed E-state index contributed by atoms with van der Waals surface area (Å²) in [4.78, 5) is 23.8. The maximum absolute atomic E-state index is 11.8. The highest BCUT2D eigenvalue weighted by Gasteiger charge is 2.09. The second kappa shape index (κ2) is 8.29. The zero-order valence-electron chi connectivity index (χ0n) is 12.9. The van der Waals surface area contributed by atoms with Crippen molar-refractivity contribution in [3.05, 3.63) is 29.3 Å². The van der Waals surface area contributed by atoms with Crippen molar-refractivity contribution in [1.82, 2.24) is 4.90 Å². The quantitative estimate of drug-likeness (QED) is 0.799. The third-order valence-electron chi connectivity index (χ3n) is 3.09. The fraction of sp³-hybridized carbons (Fsp3) is 0.500. The lowest BCUT2D eigenvalue weighted by atomic mass is 10.1. The van der Waals surface area contributed by atoms with Crippen molar-refractivity contribution >= 4 is 11.9 Å². The van der Waals surface area contributed by atoms with E-state index in [4.69, 9.17) is 9.84 Å². The number of ether oxygens (including phenoxy) is 1. The number of carboxylic acid groups (broad SMARTS) is 1. The first kappa shape index (κ1) is 17.0. The number of carboxylic acids is 1. The number of carbonyl (C=O) groups is 2. The van der Waals surface area contributed by atoms with E-state index in [9.17, 15) is 9.59 Å². The Kier molecular flexibility index (Phi) is 6.72. The highest BCUT2D eigenvalue weighted by molar-refractivity contribution is 5.76. The van der Waals surface area contributed by atoms with Crippen LogP contribution in [0, 0.1) is 13.8 Å². The summed E-state index contributed by atoms with van der Waals surface area (Å²) in [5.41, 5.74) is 2.25. The van der Waals surface area contributed by atoms with Crippen molar-refractivity contribution in [1.29, 1.82) is 0 Å². The van der Waals surface area contributed by atoms with Gasteiger partial charge in [0.1, 0.15) is 5.75 Å². The molecule has 5 nitrogen and oxygen atoms in total. The number of aryl methyl sites for hydroxylation is 2. The molecule has 0 aliphatic rings. The van der Waals surface area contributed by atoms with E-state index in [2.05, 4.69) is 6.07 Å². The molecule has 1 aromatic carbocycles. The average Bonchev–Trinajstić information content (AvgIpc) is 2.36. The molecule has 0 aliphatic carbocycles. The van der Waals surface area contributed by atoms with Crippen LogP contribution in [0.5, 0.6) is 5.75 Å². The zero-order valence-corrected chi connectivity index (χ0v) is 12.9. The lowest BCUT2D eigenvalue weighted by Crippen LogP contribution is -2.29. The summed E-state index contributed by atoms with van der Waals surface area (Å²) in [5.74, 6) is -0.104. The summed E-state index contributed by atoms with van der Waals surface area (Å²) in [5, 5.41) is 8.55. The fourth-order valence-electron chi connectivity index (χ4n) is 2.06. The van der Waals surface area contributed by atoms with E-state index < -0.39 is 5.97 Å². The van der Waals surface area contributed by atoms with Crippen LogP contribution in [0.25, 0.3) is 0 Å². The summed E-state index contributed by atoms with van der Waals surface area (Å²) in [7, 11) is 1.68. The predicted octanol–water partition coefficient (Wildman–Crippen LogP) is 2.40. The Balaban J connectivity index is 2.30. The summed E-state index contributed by atoms with van der Waals surface area (Å²) in [6.07, 6.45) is 0.836. The minimum absolute atomic E-state index is 0.0373. The maximum atomic E-state index is 11.8. The van der Waals surface area contributed by atoms with Crippen LogP contribution in [0.3, 0.4) is 0 Å². The first-order valence-electron chi connectivity index (χ1n) is 7.05. The van der Waals surface area contributed by atoms with Crippen LogP contribution in [0.15, 0.2) is 18.2 Å². The van der Waals surface area contributed by atoms with Crippen molar-refractivity contribution < 1.29 is 19.4 Å². The Labute approximate surface area is 125 Å². The largest absolute Gasteiger partial charge is 0.493 e. The molecule has 0 fully saturated rings. The first-order chi connectivity index (χ1) is 9.88. The van der Waals surface area contributed by atoms with E-state index >= 15 is 0 Å². The first-order valence-corrected chi connectivity index (χ1v) is 7.05. The molecule has 0 atom stereocenters. The molecule has 1 N–H and O–H groups in total. The molecular weight excluding hydrogens is 270 g/mol. The topological polar surface area (TPSA) is 66.8 Å². The Morgan fingerprint density at radius 2 is 1.76 bits per heavy atom. The maximum Gasteiger partial charge on any atom is 0.303 e. The Morgan fingerprint density at radius 1 is 1.14 bits per heavy atom. The van der Waals surface area contributed by atoms with Gasteiger partial charge in [-0.1, -0.05) is 6.07 Å². The van der Waals surface area contributed by atoms with Crippen LogP contribution in [0.2, 0.25) is 0 Å². The molecule has 0 saturated heterocycles. The highest BCUT2D eigenvalue weighted by Crippen LogP contribution is 2.16. The van der Waals surface area contributed by atoms with Gasteiger partial charge in [-0.25, -0.2) is 0 Å².